The van der Waals surface area contributed by atoms with Gasteiger partial charge in [-0.15, -0.1) is 0 Å². The van der Waals surface area contributed by atoms with Gasteiger partial charge in [-0.25, -0.2) is 15.0 Å². The molecule has 1 aromatic carbocycles. The van der Waals surface area contributed by atoms with Gasteiger partial charge in [0, 0.05) is 41.9 Å². The predicted octanol–water partition coefficient (Wildman–Crippen LogP) is 2.65. The highest BCUT2D eigenvalue weighted by atomic mass is 16.2. The minimum atomic E-state index is 0.0146. The highest BCUT2D eigenvalue weighted by Gasteiger charge is 2.29. The molecule has 3 heterocycles. The van der Waals surface area contributed by atoms with Crippen LogP contribution in [0.4, 0.5) is 5.82 Å². The zero-order valence-corrected chi connectivity index (χ0v) is 18.4. The molecule has 0 radical (unpaired) electrons. The number of nitrogens with zero attached hydrogens (tertiary/aromatic N) is 6. The topological polar surface area (TPSA) is 88.8 Å². The fourth-order valence-electron chi connectivity index (χ4n) is 4.76. The molecule has 1 amide bonds. The number of nitrogens with one attached hydrogen (secondary N) is 1. The molecule has 1 saturated heterocycles. The van der Waals surface area contributed by atoms with Crippen LogP contribution in [0.1, 0.15) is 37.4 Å². The van der Waals surface area contributed by atoms with Crippen LogP contribution in [-0.2, 0) is 24.2 Å². The van der Waals surface area contributed by atoms with Crippen LogP contribution in [0.15, 0.2) is 43.0 Å². The van der Waals surface area contributed by atoms with Crippen molar-refractivity contribution in [3.05, 3.63) is 54.2 Å². The van der Waals surface area contributed by atoms with E-state index in [2.05, 4.69) is 32.4 Å². The molecule has 1 fully saturated rings. The maximum absolute atomic E-state index is 12.8. The second-order valence-electron chi connectivity index (χ2n) is 8.80. The van der Waals surface area contributed by atoms with E-state index >= 15 is 0 Å². The van der Waals surface area contributed by atoms with Gasteiger partial charge < -0.3 is 10.2 Å². The van der Waals surface area contributed by atoms with Gasteiger partial charge in [-0.2, -0.15) is 5.10 Å². The Labute approximate surface area is 188 Å². The van der Waals surface area contributed by atoms with Gasteiger partial charge in [0.2, 0.25) is 5.91 Å². The number of hydrogen-bond donors (Lipinski definition) is 1. The molecule has 166 valence electrons. The van der Waals surface area contributed by atoms with Crippen molar-refractivity contribution in [1.29, 1.82) is 0 Å². The molecule has 0 unspecified atom stereocenters. The number of carbonyl (C=O) groups is 1. The van der Waals surface area contributed by atoms with Gasteiger partial charge in [0.1, 0.15) is 18.5 Å². The molecule has 1 aliphatic carbocycles. The smallest absolute Gasteiger partial charge is 0.223 e. The average molecular weight is 432 g/mol. The lowest BCUT2D eigenvalue weighted by Gasteiger charge is -2.34. The minimum Gasteiger partial charge on any atom is -0.356 e. The van der Waals surface area contributed by atoms with E-state index < -0.39 is 0 Å². The number of hydrogen-bond acceptors (Lipinski definition) is 6. The predicted molar refractivity (Wildman–Crippen MR) is 122 cm³/mol. The maximum atomic E-state index is 12.8. The Kier molecular flexibility index (Phi) is 5.83. The molecule has 0 bridgehead atoms. The zero-order valence-electron chi connectivity index (χ0n) is 18.4. The van der Waals surface area contributed by atoms with Crippen LogP contribution in [0.2, 0.25) is 0 Å². The minimum absolute atomic E-state index is 0.0146. The number of anilines is 1. The number of aryl methyl sites for hydroxylation is 1. The zero-order chi connectivity index (χ0) is 21.9. The molecule has 1 atom stereocenters. The summed E-state index contributed by atoms with van der Waals surface area (Å²) in [6.45, 7) is 4.31. The first-order chi connectivity index (χ1) is 15.7. The molecular formula is C24H29N7O. The molecule has 32 heavy (non-hydrogen) atoms. The normalized spacial score (nSPS) is 17.2. The Morgan fingerprint density at radius 1 is 1.16 bits per heavy atom. The van der Waals surface area contributed by atoms with Crippen LogP contribution >= 0.6 is 0 Å². The lowest BCUT2D eigenvalue weighted by molar-refractivity contribution is -0.126. The number of aromatic nitrogens is 5. The van der Waals surface area contributed by atoms with Crippen LogP contribution in [0.5, 0.6) is 0 Å². The molecule has 3 aromatic rings. The summed E-state index contributed by atoms with van der Waals surface area (Å²) in [5, 5.41) is 7.26. The third-order valence-corrected chi connectivity index (χ3v) is 6.42. The maximum Gasteiger partial charge on any atom is 0.223 e. The number of piperidine rings is 1. The second-order valence-corrected chi connectivity index (χ2v) is 8.80. The highest BCUT2D eigenvalue weighted by Crippen LogP contribution is 2.33. The molecule has 0 saturated carbocycles. The molecule has 0 spiro atoms. The SMILES string of the molecule is C[C@H](Cn1cncn1)NC(=O)C1CCN(c2nc(-c3ccccc3)nc3c2CCC3)CC1. The Hall–Kier alpha value is -3.29. The average Bonchev–Trinajstić information content (AvgIpc) is 3.51. The molecule has 8 heteroatoms. The van der Waals surface area contributed by atoms with Crippen molar-refractivity contribution < 1.29 is 4.79 Å². The van der Waals surface area contributed by atoms with Gasteiger partial charge >= 0.3 is 0 Å². The lowest BCUT2D eigenvalue weighted by atomic mass is 9.95. The Morgan fingerprint density at radius 3 is 2.72 bits per heavy atom. The number of benzene rings is 1. The number of carbonyl (C=O) groups excluding carboxylic acids is 1. The largest absolute Gasteiger partial charge is 0.356 e. The van der Waals surface area contributed by atoms with Crippen molar-refractivity contribution in [1.82, 2.24) is 30.0 Å². The summed E-state index contributed by atoms with van der Waals surface area (Å²) in [5.74, 6) is 2.05. The van der Waals surface area contributed by atoms with Crippen molar-refractivity contribution in [3.63, 3.8) is 0 Å². The second kappa shape index (κ2) is 9.06. The van der Waals surface area contributed by atoms with Crippen LogP contribution in [0, 0.1) is 5.92 Å². The third-order valence-electron chi connectivity index (χ3n) is 6.42. The first-order valence-electron chi connectivity index (χ1n) is 11.5. The van der Waals surface area contributed by atoms with Crippen LogP contribution in [-0.4, -0.2) is 49.8 Å². The first-order valence-corrected chi connectivity index (χ1v) is 11.5. The van der Waals surface area contributed by atoms with E-state index in [9.17, 15) is 4.79 Å². The monoisotopic (exact) mass is 431 g/mol. The summed E-state index contributed by atoms with van der Waals surface area (Å²) in [6, 6.07) is 10.2. The first kappa shape index (κ1) is 20.6. The molecular weight excluding hydrogens is 402 g/mol. The molecule has 2 aliphatic rings. The molecule has 8 nitrogen and oxygen atoms in total. The van der Waals surface area contributed by atoms with Crippen molar-refractivity contribution >= 4 is 11.7 Å². The number of amides is 1. The summed E-state index contributed by atoms with van der Waals surface area (Å²) >= 11 is 0. The summed E-state index contributed by atoms with van der Waals surface area (Å²) in [7, 11) is 0. The van der Waals surface area contributed by atoms with E-state index in [1.807, 2.05) is 25.1 Å². The van der Waals surface area contributed by atoms with Gasteiger partial charge in [0.15, 0.2) is 5.82 Å². The van der Waals surface area contributed by atoms with Crippen molar-refractivity contribution in [3.8, 4) is 11.4 Å². The van der Waals surface area contributed by atoms with Crippen molar-refractivity contribution in [2.24, 2.45) is 5.92 Å². The molecule has 5 rings (SSSR count). The Balaban J connectivity index is 1.25. The Morgan fingerprint density at radius 2 is 1.97 bits per heavy atom. The van der Waals surface area contributed by atoms with Gasteiger partial charge in [0.25, 0.3) is 0 Å². The van der Waals surface area contributed by atoms with Crippen molar-refractivity contribution in [2.45, 2.75) is 51.6 Å². The number of rotatable bonds is 6. The van der Waals surface area contributed by atoms with Crippen LogP contribution in [0.3, 0.4) is 0 Å². The van der Waals surface area contributed by atoms with Crippen LogP contribution < -0.4 is 10.2 Å². The molecule has 2 aromatic heterocycles. The van der Waals surface area contributed by atoms with Gasteiger partial charge in [-0.05, 0) is 39.0 Å². The van der Waals surface area contributed by atoms with E-state index in [0.29, 0.717) is 6.54 Å². The van der Waals surface area contributed by atoms with Gasteiger partial charge in [0.05, 0.1) is 6.54 Å². The van der Waals surface area contributed by atoms with E-state index in [4.69, 9.17) is 9.97 Å². The Bertz CT molecular complexity index is 1060. The molecule has 1 aliphatic heterocycles. The lowest BCUT2D eigenvalue weighted by Crippen LogP contribution is -2.44. The van der Waals surface area contributed by atoms with E-state index in [1.54, 1.807) is 11.0 Å². The quantitative estimate of drug-likeness (QED) is 0.646. The third kappa shape index (κ3) is 4.35. The van der Waals surface area contributed by atoms with E-state index in [0.717, 1.165) is 62.4 Å². The van der Waals surface area contributed by atoms with E-state index in [1.165, 1.54) is 17.6 Å². The van der Waals surface area contributed by atoms with Crippen LogP contribution in [0.25, 0.3) is 11.4 Å². The van der Waals surface area contributed by atoms with Crippen molar-refractivity contribution in [2.75, 3.05) is 18.0 Å². The van der Waals surface area contributed by atoms with Gasteiger partial charge in [-0.1, -0.05) is 30.3 Å². The summed E-state index contributed by atoms with van der Waals surface area (Å²) < 4.78 is 1.74. The summed E-state index contributed by atoms with van der Waals surface area (Å²) in [4.78, 5) is 29.0. The van der Waals surface area contributed by atoms with Gasteiger partial charge in [-0.3, -0.25) is 9.48 Å². The standard InChI is InChI=1S/C24H29N7O/c1-17(14-31-16-25-15-26-31)27-24(32)19-10-12-30(13-11-19)23-20-8-5-9-21(20)28-22(29-23)18-6-3-2-4-7-18/h2-4,6-7,15-17,19H,5,8-14H2,1H3,(H,27,32)/t17-/m1/s1. The number of fused-ring (bicyclic) bond motifs is 1. The van der Waals surface area contributed by atoms with E-state index in [-0.39, 0.29) is 17.9 Å². The highest BCUT2D eigenvalue weighted by molar-refractivity contribution is 5.79. The fraction of sp³-hybridized carbons (Fsp3) is 0.458. The molecule has 1 N–H and O–H groups in total. The summed E-state index contributed by atoms with van der Waals surface area (Å²) in [5.41, 5.74) is 3.55. The summed E-state index contributed by atoms with van der Waals surface area (Å²) in [6.07, 6.45) is 8.05. The fourth-order valence-corrected chi connectivity index (χ4v) is 4.76.